The van der Waals surface area contributed by atoms with Gasteiger partial charge in [-0.2, -0.15) is 0 Å². The van der Waals surface area contributed by atoms with Gasteiger partial charge in [-0.15, -0.1) is 0 Å². The Morgan fingerprint density at radius 1 is 1.32 bits per heavy atom. The van der Waals surface area contributed by atoms with Crippen LogP contribution in [0.15, 0.2) is 27.6 Å². The van der Waals surface area contributed by atoms with Crippen LogP contribution in [0.4, 0.5) is 0 Å². The number of hydrogen-bond donors (Lipinski definition) is 1. The molecule has 5 heteroatoms. The molecule has 2 saturated heterocycles. The molecule has 4 bridgehead atoms. The molecular formula is C23H30N2O2S. The quantitative estimate of drug-likeness (QED) is 0.777. The van der Waals surface area contributed by atoms with Crippen LogP contribution in [0.2, 0.25) is 0 Å². The molecule has 0 spiro atoms. The van der Waals surface area contributed by atoms with Gasteiger partial charge in [0.2, 0.25) is 5.91 Å². The van der Waals surface area contributed by atoms with Crippen LogP contribution in [0.5, 0.6) is 0 Å². The Balaban J connectivity index is 1.12. The van der Waals surface area contributed by atoms with Gasteiger partial charge in [0.05, 0.1) is 16.7 Å². The smallest absolute Gasteiger partial charge is 0.223 e. The maximum atomic E-state index is 13.2. The first kappa shape index (κ1) is 17.8. The van der Waals surface area contributed by atoms with Crippen molar-refractivity contribution in [1.29, 1.82) is 0 Å². The number of rotatable bonds is 4. The lowest BCUT2D eigenvalue weighted by Gasteiger charge is -2.59. The molecule has 0 aromatic rings. The zero-order valence-electron chi connectivity index (χ0n) is 16.6. The van der Waals surface area contributed by atoms with Gasteiger partial charge in [-0.1, -0.05) is 24.8 Å². The molecule has 3 heterocycles. The normalized spacial score (nSPS) is 42.1. The average Bonchev–Trinajstić information content (AvgIpc) is 3.38. The molecular weight excluding hydrogens is 368 g/mol. The number of piperidine rings is 2. The van der Waals surface area contributed by atoms with Crippen molar-refractivity contribution in [3.05, 3.63) is 22.6 Å². The number of amides is 1. The molecule has 3 aliphatic heterocycles. The molecule has 4 nitrogen and oxygen atoms in total. The molecule has 1 amide bonds. The second-order valence-corrected chi connectivity index (χ2v) is 11.3. The number of aliphatic imine (C=N–C) groups is 1. The summed E-state index contributed by atoms with van der Waals surface area (Å²) < 4.78 is 0. The topological polar surface area (TPSA) is 52.9 Å². The molecule has 7 rings (SSSR count). The molecule has 3 saturated carbocycles. The van der Waals surface area contributed by atoms with Gasteiger partial charge >= 0.3 is 0 Å². The lowest BCUT2D eigenvalue weighted by molar-refractivity contribution is -0.174. The van der Waals surface area contributed by atoms with Gasteiger partial charge in [0, 0.05) is 29.3 Å². The molecule has 0 aromatic carbocycles. The van der Waals surface area contributed by atoms with E-state index in [1.54, 1.807) is 0 Å². The molecule has 4 aliphatic carbocycles. The van der Waals surface area contributed by atoms with Crippen LogP contribution < -0.4 is 0 Å². The lowest BCUT2D eigenvalue weighted by Crippen LogP contribution is -2.65. The fourth-order valence-electron chi connectivity index (χ4n) is 6.57. The van der Waals surface area contributed by atoms with E-state index in [4.69, 9.17) is 4.99 Å². The van der Waals surface area contributed by atoms with Crippen molar-refractivity contribution in [3.8, 4) is 0 Å². The molecule has 150 valence electrons. The summed E-state index contributed by atoms with van der Waals surface area (Å²) in [6, 6.07) is 0.838. The Morgan fingerprint density at radius 3 is 2.75 bits per heavy atom. The number of carbonyl (C=O) groups is 1. The highest BCUT2D eigenvalue weighted by Gasteiger charge is 2.55. The zero-order valence-corrected chi connectivity index (χ0v) is 17.5. The van der Waals surface area contributed by atoms with Crippen molar-refractivity contribution in [2.75, 3.05) is 0 Å². The molecule has 7 aliphatic rings. The lowest BCUT2D eigenvalue weighted by atomic mass is 9.61. The first-order valence-electron chi connectivity index (χ1n) is 11.2. The van der Waals surface area contributed by atoms with E-state index in [-0.39, 0.29) is 23.9 Å². The molecule has 0 radical (unpaired) electrons. The van der Waals surface area contributed by atoms with Crippen molar-refractivity contribution in [2.45, 2.75) is 88.4 Å². The number of carbonyl (C=O) groups excluding carboxylic acids is 1. The van der Waals surface area contributed by atoms with Gasteiger partial charge in [-0.05, 0) is 74.9 Å². The number of fused-ring (bicyclic) bond motifs is 1. The standard InChI is InChI=1S/C23H30N2O2S/c1-13(22-24-19-5-4-16(15-2-3-15)9-20(19)28-22)6-21(26)25-17-7-14-8-18(25)12-23(27,10-14)11-17/h4,9,13-15,17-19,27H,2-3,5-8,10-12H2,1H3. The fraction of sp³-hybridized carbons (Fsp3) is 0.739. The van der Waals surface area contributed by atoms with Crippen LogP contribution >= 0.6 is 11.8 Å². The van der Waals surface area contributed by atoms with Crippen molar-refractivity contribution in [1.82, 2.24) is 4.90 Å². The van der Waals surface area contributed by atoms with E-state index < -0.39 is 5.60 Å². The van der Waals surface area contributed by atoms with E-state index >= 15 is 0 Å². The summed E-state index contributed by atoms with van der Waals surface area (Å²) in [6.45, 7) is 2.17. The van der Waals surface area contributed by atoms with Gasteiger partial charge in [0.15, 0.2) is 0 Å². The molecule has 0 aromatic heterocycles. The van der Waals surface area contributed by atoms with Crippen LogP contribution in [0.3, 0.4) is 0 Å². The van der Waals surface area contributed by atoms with Gasteiger partial charge in [0.1, 0.15) is 0 Å². The number of nitrogens with zero attached hydrogens (tertiary/aromatic N) is 2. The zero-order chi connectivity index (χ0) is 19.0. The van der Waals surface area contributed by atoms with E-state index in [1.807, 2.05) is 11.8 Å². The highest BCUT2D eigenvalue weighted by molar-refractivity contribution is 8.17. The maximum Gasteiger partial charge on any atom is 0.223 e. The predicted molar refractivity (Wildman–Crippen MR) is 112 cm³/mol. The second kappa shape index (κ2) is 6.21. The third-order valence-electron chi connectivity index (χ3n) is 7.86. The Labute approximate surface area is 171 Å². The maximum absolute atomic E-state index is 13.2. The van der Waals surface area contributed by atoms with E-state index in [1.165, 1.54) is 23.3 Å². The van der Waals surface area contributed by atoms with Crippen molar-refractivity contribution in [3.63, 3.8) is 0 Å². The van der Waals surface area contributed by atoms with Crippen molar-refractivity contribution < 1.29 is 9.90 Å². The number of thioether (sulfide) groups is 1. The second-order valence-electron chi connectivity index (χ2n) is 10.2. The Morgan fingerprint density at radius 2 is 2.07 bits per heavy atom. The van der Waals surface area contributed by atoms with Crippen LogP contribution in [0.1, 0.15) is 64.7 Å². The van der Waals surface area contributed by atoms with Crippen molar-refractivity contribution in [2.24, 2.45) is 22.7 Å². The molecule has 5 fully saturated rings. The minimum absolute atomic E-state index is 0.189. The molecule has 4 atom stereocenters. The van der Waals surface area contributed by atoms with E-state index in [2.05, 4.69) is 24.0 Å². The summed E-state index contributed by atoms with van der Waals surface area (Å²) in [5.41, 5.74) is 1.04. The highest BCUT2D eigenvalue weighted by atomic mass is 32.2. The van der Waals surface area contributed by atoms with E-state index in [0.717, 1.165) is 49.5 Å². The first-order valence-corrected chi connectivity index (χ1v) is 12.0. The highest BCUT2D eigenvalue weighted by Crippen LogP contribution is 2.52. The molecule has 4 unspecified atom stereocenters. The first-order chi connectivity index (χ1) is 13.5. The fourth-order valence-corrected chi connectivity index (χ4v) is 7.76. The Bertz CT molecular complexity index is 795. The SMILES string of the molecule is CC(CC(=O)N1C2CC3CC1CC(O)(C3)C2)C1=NC2CC=C(C3CC3)C=C2S1. The molecule has 1 N–H and O–H groups in total. The van der Waals surface area contributed by atoms with Crippen LogP contribution in [-0.4, -0.2) is 44.7 Å². The van der Waals surface area contributed by atoms with Crippen LogP contribution in [0, 0.1) is 17.8 Å². The third-order valence-corrected chi connectivity index (χ3v) is 9.20. The summed E-state index contributed by atoms with van der Waals surface area (Å²) in [5, 5.41) is 11.9. The number of allylic oxidation sites excluding steroid dienone is 2. The summed E-state index contributed by atoms with van der Waals surface area (Å²) in [7, 11) is 0. The predicted octanol–water partition coefficient (Wildman–Crippen LogP) is 4.05. The van der Waals surface area contributed by atoms with E-state index in [9.17, 15) is 9.90 Å². The van der Waals surface area contributed by atoms with Gasteiger partial charge in [-0.25, -0.2) is 0 Å². The van der Waals surface area contributed by atoms with Crippen LogP contribution in [-0.2, 0) is 4.79 Å². The largest absolute Gasteiger partial charge is 0.390 e. The average molecular weight is 399 g/mol. The minimum atomic E-state index is -0.487. The summed E-state index contributed by atoms with van der Waals surface area (Å²) in [5.74, 6) is 1.90. The third kappa shape index (κ3) is 2.92. The molecule has 28 heavy (non-hydrogen) atoms. The monoisotopic (exact) mass is 398 g/mol. The number of aliphatic hydroxyl groups is 1. The Kier molecular flexibility index (Phi) is 3.94. The van der Waals surface area contributed by atoms with Gasteiger partial charge in [-0.3, -0.25) is 9.79 Å². The van der Waals surface area contributed by atoms with Crippen molar-refractivity contribution >= 4 is 22.7 Å². The number of hydrogen-bond acceptors (Lipinski definition) is 4. The Hall–Kier alpha value is -1.07. The summed E-state index contributed by atoms with van der Waals surface area (Å²) in [4.78, 5) is 21.8. The van der Waals surface area contributed by atoms with Gasteiger partial charge < -0.3 is 10.0 Å². The minimum Gasteiger partial charge on any atom is -0.390 e. The van der Waals surface area contributed by atoms with Gasteiger partial charge in [0.25, 0.3) is 0 Å². The van der Waals surface area contributed by atoms with Crippen LogP contribution in [0.25, 0.3) is 0 Å². The van der Waals surface area contributed by atoms with E-state index in [0.29, 0.717) is 18.4 Å². The summed E-state index contributed by atoms with van der Waals surface area (Å²) in [6.07, 6.45) is 13.8. The summed E-state index contributed by atoms with van der Waals surface area (Å²) >= 11 is 1.83.